The predicted octanol–water partition coefficient (Wildman–Crippen LogP) is 2.80. The van der Waals surface area contributed by atoms with Crippen LogP contribution in [0.1, 0.15) is 25.3 Å². The van der Waals surface area contributed by atoms with Gasteiger partial charge in [-0.3, -0.25) is 4.21 Å². The molecule has 0 bridgehead atoms. The lowest BCUT2D eigenvalue weighted by molar-refractivity contribution is 0.549. The average molecular weight is 274 g/mol. The van der Waals surface area contributed by atoms with E-state index in [2.05, 4.69) is 25.2 Å². The molecule has 96 valence electrons. The van der Waals surface area contributed by atoms with E-state index in [4.69, 9.17) is 11.6 Å². The van der Waals surface area contributed by atoms with Gasteiger partial charge < -0.3 is 5.32 Å². The van der Waals surface area contributed by atoms with Gasteiger partial charge >= 0.3 is 0 Å². The second-order valence-electron chi connectivity index (χ2n) is 4.51. The van der Waals surface area contributed by atoms with Crippen molar-refractivity contribution >= 4 is 22.4 Å². The molecule has 0 saturated heterocycles. The summed E-state index contributed by atoms with van der Waals surface area (Å²) in [6.45, 7) is 5.10. The van der Waals surface area contributed by atoms with Gasteiger partial charge in [0.2, 0.25) is 0 Å². The van der Waals surface area contributed by atoms with Crippen LogP contribution in [0.3, 0.4) is 0 Å². The van der Waals surface area contributed by atoms with Crippen molar-refractivity contribution < 1.29 is 4.21 Å². The summed E-state index contributed by atoms with van der Waals surface area (Å²) < 4.78 is 11.1. The molecule has 1 rings (SSSR count). The zero-order valence-corrected chi connectivity index (χ0v) is 12.1. The summed E-state index contributed by atoms with van der Waals surface area (Å²) in [4.78, 5) is 0. The first-order chi connectivity index (χ1) is 7.99. The van der Waals surface area contributed by atoms with Crippen molar-refractivity contribution in [2.75, 3.05) is 18.6 Å². The Bertz CT molecular complexity index is 383. The lowest BCUT2D eigenvalue weighted by Crippen LogP contribution is -2.33. The first-order valence-electron chi connectivity index (χ1n) is 5.78. The van der Waals surface area contributed by atoms with Gasteiger partial charge in [-0.25, -0.2) is 0 Å². The highest BCUT2D eigenvalue weighted by atomic mass is 35.5. The molecule has 0 amide bonds. The number of halogens is 1. The molecule has 0 fully saturated rings. The van der Waals surface area contributed by atoms with E-state index in [1.54, 1.807) is 6.26 Å². The van der Waals surface area contributed by atoms with E-state index < -0.39 is 10.8 Å². The summed E-state index contributed by atoms with van der Waals surface area (Å²) >= 11 is 5.96. The van der Waals surface area contributed by atoms with Crippen molar-refractivity contribution in [3.63, 3.8) is 0 Å². The van der Waals surface area contributed by atoms with E-state index in [0.29, 0.717) is 11.7 Å². The third-order valence-electron chi connectivity index (χ3n) is 2.67. The number of nitrogens with one attached hydrogen (secondary N) is 1. The Hall–Kier alpha value is -0.380. The molecule has 0 radical (unpaired) electrons. The minimum absolute atomic E-state index is 0.280. The monoisotopic (exact) mass is 273 g/mol. The van der Waals surface area contributed by atoms with Gasteiger partial charge in [0.15, 0.2) is 0 Å². The van der Waals surface area contributed by atoms with Crippen LogP contribution in [0.25, 0.3) is 0 Å². The largest absolute Gasteiger partial charge is 0.313 e. The summed E-state index contributed by atoms with van der Waals surface area (Å²) in [5.41, 5.74) is 1.23. The SMILES string of the molecule is CC(CS(C)=O)NCC(C)c1cccc(Cl)c1. The lowest BCUT2D eigenvalue weighted by Gasteiger charge is -2.17. The Morgan fingerprint density at radius 3 is 2.71 bits per heavy atom. The topological polar surface area (TPSA) is 29.1 Å². The van der Waals surface area contributed by atoms with Crippen LogP contribution in [0.5, 0.6) is 0 Å². The molecule has 3 unspecified atom stereocenters. The number of hydrogen-bond acceptors (Lipinski definition) is 2. The van der Waals surface area contributed by atoms with E-state index in [0.717, 1.165) is 11.6 Å². The smallest absolute Gasteiger partial charge is 0.0408 e. The molecule has 1 N–H and O–H groups in total. The Morgan fingerprint density at radius 2 is 2.12 bits per heavy atom. The molecular formula is C13H20ClNOS. The van der Waals surface area contributed by atoms with E-state index >= 15 is 0 Å². The van der Waals surface area contributed by atoms with Gasteiger partial charge in [0.05, 0.1) is 0 Å². The second kappa shape index (κ2) is 7.14. The zero-order chi connectivity index (χ0) is 12.8. The van der Waals surface area contributed by atoms with Crippen LogP contribution in [0.4, 0.5) is 0 Å². The second-order valence-corrected chi connectivity index (χ2v) is 6.42. The Labute approximate surface area is 111 Å². The molecule has 2 nitrogen and oxygen atoms in total. The average Bonchev–Trinajstić information content (AvgIpc) is 2.25. The van der Waals surface area contributed by atoms with Crippen LogP contribution in [-0.2, 0) is 10.8 Å². The highest BCUT2D eigenvalue weighted by molar-refractivity contribution is 7.84. The minimum Gasteiger partial charge on any atom is -0.313 e. The van der Waals surface area contributed by atoms with Gasteiger partial charge in [0.25, 0.3) is 0 Å². The van der Waals surface area contributed by atoms with Crippen molar-refractivity contribution in [3.05, 3.63) is 34.9 Å². The summed E-state index contributed by atoms with van der Waals surface area (Å²) in [6, 6.07) is 8.21. The van der Waals surface area contributed by atoms with Crippen molar-refractivity contribution in [1.82, 2.24) is 5.32 Å². The van der Waals surface area contributed by atoms with Gasteiger partial charge in [-0.05, 0) is 30.5 Å². The maximum Gasteiger partial charge on any atom is 0.0408 e. The molecule has 1 aromatic carbocycles. The van der Waals surface area contributed by atoms with Crippen LogP contribution in [0.15, 0.2) is 24.3 Å². The fourth-order valence-electron chi connectivity index (χ4n) is 1.72. The minimum atomic E-state index is -0.742. The maximum atomic E-state index is 11.1. The van der Waals surface area contributed by atoms with Gasteiger partial charge in [-0.15, -0.1) is 0 Å². The molecule has 17 heavy (non-hydrogen) atoms. The van der Waals surface area contributed by atoms with Crippen LogP contribution in [-0.4, -0.2) is 28.8 Å². The van der Waals surface area contributed by atoms with Crippen LogP contribution in [0.2, 0.25) is 5.02 Å². The van der Waals surface area contributed by atoms with Gasteiger partial charge in [0.1, 0.15) is 0 Å². The van der Waals surface area contributed by atoms with Crippen molar-refractivity contribution in [2.24, 2.45) is 0 Å². The molecule has 0 aromatic heterocycles. The Balaban J connectivity index is 2.44. The molecule has 0 saturated carbocycles. The quantitative estimate of drug-likeness (QED) is 0.864. The van der Waals surface area contributed by atoms with Gasteiger partial charge in [-0.1, -0.05) is 30.7 Å². The van der Waals surface area contributed by atoms with E-state index in [9.17, 15) is 4.21 Å². The molecule has 0 aliphatic heterocycles. The fraction of sp³-hybridized carbons (Fsp3) is 0.538. The van der Waals surface area contributed by atoms with E-state index in [1.807, 2.05) is 18.2 Å². The molecule has 3 atom stereocenters. The summed E-state index contributed by atoms with van der Waals surface area (Å²) in [5, 5.41) is 4.17. The highest BCUT2D eigenvalue weighted by Gasteiger charge is 2.09. The normalized spacial score (nSPS) is 16.5. The van der Waals surface area contributed by atoms with Crippen LogP contribution < -0.4 is 5.32 Å². The molecular weight excluding hydrogens is 254 g/mol. The summed E-state index contributed by atoms with van der Waals surface area (Å²) in [5.74, 6) is 1.10. The lowest BCUT2D eigenvalue weighted by atomic mass is 10.0. The first-order valence-corrected chi connectivity index (χ1v) is 7.88. The summed E-state index contributed by atoms with van der Waals surface area (Å²) in [6.07, 6.45) is 1.73. The first kappa shape index (κ1) is 14.7. The summed E-state index contributed by atoms with van der Waals surface area (Å²) in [7, 11) is -0.742. The van der Waals surface area contributed by atoms with Crippen LogP contribution in [0, 0.1) is 0 Å². The van der Waals surface area contributed by atoms with E-state index in [-0.39, 0.29) is 6.04 Å². The zero-order valence-electron chi connectivity index (χ0n) is 10.6. The third-order valence-corrected chi connectivity index (χ3v) is 3.88. The number of hydrogen-bond donors (Lipinski definition) is 1. The fourth-order valence-corrected chi connectivity index (χ4v) is 2.74. The maximum absolute atomic E-state index is 11.1. The number of benzene rings is 1. The standard InChI is InChI=1S/C13H20ClNOS/c1-10(8-15-11(2)9-17(3)16)12-5-4-6-13(14)7-12/h4-7,10-11,15H,8-9H2,1-3H3. The third kappa shape index (κ3) is 5.66. The molecule has 0 spiro atoms. The Morgan fingerprint density at radius 1 is 1.41 bits per heavy atom. The predicted molar refractivity (Wildman–Crippen MR) is 76.3 cm³/mol. The van der Waals surface area contributed by atoms with Gasteiger partial charge in [0, 0.05) is 40.4 Å². The molecule has 4 heteroatoms. The Kier molecular flexibility index (Phi) is 6.17. The molecule has 0 aliphatic carbocycles. The van der Waals surface area contributed by atoms with Crippen molar-refractivity contribution in [2.45, 2.75) is 25.8 Å². The highest BCUT2D eigenvalue weighted by Crippen LogP contribution is 2.18. The van der Waals surface area contributed by atoms with Gasteiger partial charge in [-0.2, -0.15) is 0 Å². The van der Waals surface area contributed by atoms with Crippen LogP contribution >= 0.6 is 11.6 Å². The molecule has 0 heterocycles. The molecule has 0 aliphatic rings. The van der Waals surface area contributed by atoms with Crippen molar-refractivity contribution in [3.8, 4) is 0 Å². The van der Waals surface area contributed by atoms with Crippen molar-refractivity contribution in [1.29, 1.82) is 0 Å². The molecule has 1 aromatic rings. The van der Waals surface area contributed by atoms with E-state index in [1.165, 1.54) is 5.56 Å². The number of rotatable bonds is 6.